The van der Waals surface area contributed by atoms with Gasteiger partial charge in [-0.1, -0.05) is 18.2 Å². The molecule has 0 aliphatic heterocycles. The molecule has 0 radical (unpaired) electrons. The van der Waals surface area contributed by atoms with Crippen LogP contribution in [0.2, 0.25) is 0 Å². The Morgan fingerprint density at radius 1 is 1.42 bits per heavy atom. The normalized spacial score (nSPS) is 12.5. The second-order valence-electron chi connectivity index (χ2n) is 2.76. The van der Waals surface area contributed by atoms with Crippen molar-refractivity contribution in [3.63, 3.8) is 0 Å². The van der Waals surface area contributed by atoms with Crippen molar-refractivity contribution in [1.82, 2.24) is 0 Å². The summed E-state index contributed by atoms with van der Waals surface area (Å²) < 4.78 is 0. The first-order valence-corrected chi connectivity index (χ1v) is 3.97. The number of benzene rings is 1. The molecular weight excluding hydrogens is 152 g/mol. The number of nitrogens with two attached hydrogens (primary N) is 1. The van der Waals surface area contributed by atoms with Crippen molar-refractivity contribution in [2.75, 3.05) is 12.1 Å². The van der Waals surface area contributed by atoms with E-state index in [0.29, 0.717) is 6.61 Å². The van der Waals surface area contributed by atoms with Gasteiger partial charge in [0.1, 0.15) is 0 Å². The summed E-state index contributed by atoms with van der Waals surface area (Å²) in [5.41, 5.74) is 9.23. The maximum atomic E-state index is 5.49. The molecule has 3 nitrogen and oxygen atoms in total. The SMILES string of the molecule is CC(N)CONc1ccccc1. The molecule has 0 saturated carbocycles. The first-order valence-electron chi connectivity index (χ1n) is 3.97. The van der Waals surface area contributed by atoms with E-state index in [-0.39, 0.29) is 6.04 Å². The predicted molar refractivity (Wildman–Crippen MR) is 49.7 cm³/mol. The average Bonchev–Trinajstić information content (AvgIpc) is 2.05. The highest BCUT2D eigenvalue weighted by Crippen LogP contribution is 2.04. The van der Waals surface area contributed by atoms with E-state index in [9.17, 15) is 0 Å². The highest BCUT2D eigenvalue weighted by molar-refractivity contribution is 5.39. The molecule has 0 fully saturated rings. The van der Waals surface area contributed by atoms with Gasteiger partial charge in [-0.05, 0) is 19.1 Å². The van der Waals surface area contributed by atoms with Gasteiger partial charge in [-0.2, -0.15) is 0 Å². The second-order valence-corrected chi connectivity index (χ2v) is 2.76. The van der Waals surface area contributed by atoms with Gasteiger partial charge in [-0.3, -0.25) is 10.3 Å². The van der Waals surface area contributed by atoms with E-state index in [0.717, 1.165) is 5.69 Å². The van der Waals surface area contributed by atoms with Crippen LogP contribution in [0.4, 0.5) is 5.69 Å². The Labute approximate surface area is 72.5 Å². The van der Waals surface area contributed by atoms with Crippen LogP contribution in [0.25, 0.3) is 0 Å². The molecule has 1 aromatic carbocycles. The fraction of sp³-hybridized carbons (Fsp3) is 0.333. The topological polar surface area (TPSA) is 47.3 Å². The molecule has 0 aromatic heterocycles. The minimum Gasteiger partial charge on any atom is -0.326 e. The Hall–Kier alpha value is -1.06. The van der Waals surface area contributed by atoms with Crippen LogP contribution in [0.5, 0.6) is 0 Å². The summed E-state index contributed by atoms with van der Waals surface area (Å²) in [6.07, 6.45) is 0. The van der Waals surface area contributed by atoms with E-state index in [4.69, 9.17) is 10.6 Å². The van der Waals surface area contributed by atoms with Crippen LogP contribution in [-0.4, -0.2) is 12.6 Å². The number of hydrogen-bond donors (Lipinski definition) is 2. The molecule has 0 aliphatic carbocycles. The number of hydrogen-bond acceptors (Lipinski definition) is 3. The number of para-hydroxylation sites is 1. The molecule has 3 N–H and O–H groups in total. The van der Waals surface area contributed by atoms with E-state index in [1.807, 2.05) is 37.3 Å². The largest absolute Gasteiger partial charge is 0.326 e. The fourth-order valence-electron chi connectivity index (χ4n) is 0.763. The molecular formula is C9H14N2O. The smallest absolute Gasteiger partial charge is 0.0894 e. The van der Waals surface area contributed by atoms with Gasteiger partial charge in [0.2, 0.25) is 0 Å². The molecule has 0 spiro atoms. The zero-order chi connectivity index (χ0) is 8.81. The van der Waals surface area contributed by atoms with Crippen LogP contribution >= 0.6 is 0 Å². The van der Waals surface area contributed by atoms with Crippen LogP contribution in [0, 0.1) is 0 Å². The molecule has 0 heterocycles. The van der Waals surface area contributed by atoms with Crippen LogP contribution in [0.3, 0.4) is 0 Å². The van der Waals surface area contributed by atoms with Gasteiger partial charge in [0, 0.05) is 6.04 Å². The van der Waals surface area contributed by atoms with Gasteiger partial charge in [-0.15, -0.1) is 0 Å². The summed E-state index contributed by atoms with van der Waals surface area (Å²) in [6, 6.07) is 9.76. The van der Waals surface area contributed by atoms with Crippen LogP contribution in [0.1, 0.15) is 6.92 Å². The standard InChI is InChI=1S/C9H14N2O/c1-8(10)7-12-11-9-5-3-2-4-6-9/h2-6,8,11H,7,10H2,1H3. The lowest BCUT2D eigenvalue weighted by atomic mass is 10.3. The van der Waals surface area contributed by atoms with Crippen LogP contribution in [-0.2, 0) is 4.84 Å². The summed E-state index contributed by atoms with van der Waals surface area (Å²) in [5, 5.41) is 0. The first kappa shape index (κ1) is 9.03. The molecule has 1 aromatic rings. The van der Waals surface area contributed by atoms with E-state index in [1.54, 1.807) is 0 Å². The van der Waals surface area contributed by atoms with Gasteiger partial charge in [0.15, 0.2) is 0 Å². The highest BCUT2D eigenvalue weighted by atomic mass is 16.6. The van der Waals surface area contributed by atoms with Crippen molar-refractivity contribution in [3.05, 3.63) is 30.3 Å². The lowest BCUT2D eigenvalue weighted by Gasteiger charge is -2.08. The fourth-order valence-corrected chi connectivity index (χ4v) is 0.763. The van der Waals surface area contributed by atoms with Crippen molar-refractivity contribution in [2.24, 2.45) is 5.73 Å². The van der Waals surface area contributed by atoms with Gasteiger partial charge in [0.05, 0.1) is 12.3 Å². The first-order chi connectivity index (χ1) is 5.79. The van der Waals surface area contributed by atoms with Crippen molar-refractivity contribution < 1.29 is 4.84 Å². The summed E-state index contributed by atoms with van der Waals surface area (Å²) in [5.74, 6) is 0. The van der Waals surface area contributed by atoms with Gasteiger partial charge in [-0.25, -0.2) is 0 Å². The van der Waals surface area contributed by atoms with Crippen molar-refractivity contribution in [1.29, 1.82) is 0 Å². The second kappa shape index (κ2) is 4.74. The number of rotatable bonds is 4. The van der Waals surface area contributed by atoms with Gasteiger partial charge >= 0.3 is 0 Å². The van der Waals surface area contributed by atoms with E-state index < -0.39 is 0 Å². The maximum absolute atomic E-state index is 5.49. The Balaban J connectivity index is 2.25. The predicted octanol–water partition coefficient (Wildman–Crippen LogP) is 1.38. The quantitative estimate of drug-likeness (QED) is 0.664. The third-order valence-electron chi connectivity index (χ3n) is 1.31. The summed E-state index contributed by atoms with van der Waals surface area (Å²) >= 11 is 0. The maximum Gasteiger partial charge on any atom is 0.0894 e. The monoisotopic (exact) mass is 166 g/mol. The minimum absolute atomic E-state index is 0.0567. The van der Waals surface area contributed by atoms with Crippen molar-refractivity contribution in [2.45, 2.75) is 13.0 Å². The molecule has 1 atom stereocenters. The highest BCUT2D eigenvalue weighted by Gasteiger charge is 1.93. The Kier molecular flexibility index (Phi) is 3.57. The molecule has 3 heteroatoms. The van der Waals surface area contributed by atoms with Crippen LogP contribution in [0.15, 0.2) is 30.3 Å². The van der Waals surface area contributed by atoms with Crippen molar-refractivity contribution >= 4 is 5.69 Å². The molecule has 1 unspecified atom stereocenters. The summed E-state index contributed by atoms with van der Waals surface area (Å²) in [4.78, 5) is 5.11. The minimum atomic E-state index is 0.0567. The zero-order valence-electron chi connectivity index (χ0n) is 7.16. The van der Waals surface area contributed by atoms with Gasteiger partial charge in [0.25, 0.3) is 0 Å². The summed E-state index contributed by atoms with van der Waals surface area (Å²) in [6.45, 7) is 2.40. The molecule has 0 amide bonds. The lowest BCUT2D eigenvalue weighted by Crippen LogP contribution is -2.23. The average molecular weight is 166 g/mol. The van der Waals surface area contributed by atoms with Crippen molar-refractivity contribution in [3.8, 4) is 0 Å². The zero-order valence-corrected chi connectivity index (χ0v) is 7.16. The Morgan fingerprint density at radius 2 is 2.08 bits per heavy atom. The van der Waals surface area contributed by atoms with E-state index in [2.05, 4.69) is 5.48 Å². The summed E-state index contributed by atoms with van der Waals surface area (Å²) in [7, 11) is 0. The molecule has 0 aliphatic rings. The Bertz CT molecular complexity index is 211. The third kappa shape index (κ3) is 3.37. The molecule has 0 bridgehead atoms. The van der Waals surface area contributed by atoms with Gasteiger partial charge < -0.3 is 5.73 Å². The molecule has 66 valence electrons. The van der Waals surface area contributed by atoms with E-state index in [1.165, 1.54) is 0 Å². The number of nitrogens with one attached hydrogen (secondary N) is 1. The molecule has 12 heavy (non-hydrogen) atoms. The van der Waals surface area contributed by atoms with Crippen LogP contribution < -0.4 is 11.2 Å². The Morgan fingerprint density at radius 3 is 2.67 bits per heavy atom. The third-order valence-corrected chi connectivity index (χ3v) is 1.31. The lowest BCUT2D eigenvalue weighted by molar-refractivity contribution is 0.181. The molecule has 1 rings (SSSR count). The molecule has 0 saturated heterocycles. The van der Waals surface area contributed by atoms with E-state index >= 15 is 0 Å². The number of anilines is 1.